The molecule has 0 amide bonds. The minimum absolute atomic E-state index is 0. The number of aliphatic hydroxyl groups excluding tert-OH is 9. The maximum absolute atomic E-state index is 11.5. The Morgan fingerprint density at radius 1 is 0.479 bits per heavy atom. The lowest BCUT2D eigenvalue weighted by Gasteiger charge is -2.46. The molecule has 20 atom stereocenters. The molecule has 0 spiro atoms. The zero-order valence-electron chi connectivity index (χ0n) is 43.7. The van der Waals surface area contributed by atoms with Crippen molar-refractivity contribution in [2.75, 3.05) is 60.5 Å². The molecule has 73 heavy (non-hydrogen) atoms. The van der Waals surface area contributed by atoms with E-state index < -0.39 is 136 Å². The van der Waals surface area contributed by atoms with Crippen LogP contribution in [0.4, 0.5) is 0 Å². The van der Waals surface area contributed by atoms with Gasteiger partial charge in [0.05, 0.1) is 32.1 Å². The van der Waals surface area contributed by atoms with Crippen molar-refractivity contribution in [2.45, 2.75) is 247 Å². The van der Waals surface area contributed by atoms with Gasteiger partial charge in [-0.05, 0) is 33.1 Å². The van der Waals surface area contributed by atoms with Crippen LogP contribution in [0.25, 0.3) is 0 Å². The standard InChI is InChI=1S/C38H67N3O21.4C2H6.3CH4/c1-6-11-54-33-21(61-37(30(49)26(33)45)57-15-20-32(53-8-3)25(44)29(48)35(52-5)60-20)16-58-38-31(50)27(46)34(55-12-9-10-18-13-41(7-2)40-39-18)22(62-38)17-56-36-28(47)24(43)23(42)19(59-36)14-51-4;4*1-2;;;/h13,19-38,42-50H,6-12,14-17H2,1-5H3;4*1-2H3;3*1H4/t19-,20-,21-,22-,23-,24+,25-,26-,27-,28-,29-,30-,31-,32-,33-,34-,35+,36+,37+,38+;;;;;;;/m1......./s1. The molecular weight excluding hydrogens is 967 g/mol. The van der Waals surface area contributed by atoms with Crippen LogP contribution in [0.3, 0.4) is 0 Å². The summed E-state index contributed by atoms with van der Waals surface area (Å²) in [6, 6.07) is 0. The van der Waals surface area contributed by atoms with Crippen molar-refractivity contribution in [3.63, 3.8) is 0 Å². The van der Waals surface area contributed by atoms with Crippen molar-refractivity contribution in [1.82, 2.24) is 15.0 Å². The lowest BCUT2D eigenvalue weighted by Crippen LogP contribution is -2.64. The zero-order chi connectivity index (χ0) is 53.1. The SMILES string of the molecule is C.C.C.CC.CC.CC.CC.CCCO[C@H]1[C@H](O)[C@@H](O)[C@@H](OC[C@H]2O[C@H](OC)[C@H](O)[C@@H](O)[C@@H]2OCC)O[C@@H]1CO[C@H]1O[C@H](CO[C@H]2O[C@H](COC)[C@@H](O)[C@H](O)[C@H]2O)[C@@H](OCCCc2cn(CC)nn2)[C@H](O)[C@H]1O. The summed E-state index contributed by atoms with van der Waals surface area (Å²) in [5, 5.41) is 106. The number of hydrogen-bond acceptors (Lipinski definition) is 23. The molecule has 0 aromatic carbocycles. The highest BCUT2D eigenvalue weighted by molar-refractivity contribution is 4.96. The van der Waals surface area contributed by atoms with Crippen molar-refractivity contribution in [3.8, 4) is 0 Å². The van der Waals surface area contributed by atoms with E-state index in [9.17, 15) is 46.0 Å². The summed E-state index contributed by atoms with van der Waals surface area (Å²) in [4.78, 5) is 0. The van der Waals surface area contributed by atoms with Gasteiger partial charge in [0.2, 0.25) is 0 Å². The van der Waals surface area contributed by atoms with Crippen molar-refractivity contribution in [2.24, 2.45) is 0 Å². The minimum Gasteiger partial charge on any atom is -0.387 e. The summed E-state index contributed by atoms with van der Waals surface area (Å²) >= 11 is 0. The zero-order valence-corrected chi connectivity index (χ0v) is 43.7. The van der Waals surface area contributed by atoms with Crippen molar-refractivity contribution >= 4 is 0 Å². The van der Waals surface area contributed by atoms with E-state index in [1.165, 1.54) is 14.2 Å². The fraction of sp³-hybridized carbons (Fsp3) is 0.959. The molecule has 5 rings (SSSR count). The van der Waals surface area contributed by atoms with E-state index in [0.717, 1.165) is 5.69 Å². The lowest BCUT2D eigenvalue weighted by atomic mass is 9.97. The molecule has 440 valence electrons. The van der Waals surface area contributed by atoms with Gasteiger partial charge in [0.1, 0.15) is 97.7 Å². The molecule has 4 aliphatic rings. The topological polar surface area (TPSA) is 324 Å². The molecule has 4 saturated heterocycles. The molecule has 4 aliphatic heterocycles. The van der Waals surface area contributed by atoms with Crippen LogP contribution in [0.15, 0.2) is 6.20 Å². The third kappa shape index (κ3) is 21.6. The highest BCUT2D eigenvalue weighted by atomic mass is 16.8. The van der Waals surface area contributed by atoms with Crippen LogP contribution in [0, 0.1) is 0 Å². The summed E-state index contributed by atoms with van der Waals surface area (Å²) in [7, 11) is 2.65. The number of methoxy groups -OCH3 is 2. The average Bonchev–Trinajstić information content (AvgIpc) is 3.86. The highest BCUT2D eigenvalue weighted by Crippen LogP contribution is 2.31. The molecular formula is C49H103N3O21. The van der Waals surface area contributed by atoms with Gasteiger partial charge in [-0.2, -0.15) is 0 Å². The molecule has 1 aromatic heterocycles. The first-order chi connectivity index (χ1) is 33.8. The molecule has 24 heteroatoms. The van der Waals surface area contributed by atoms with Crippen LogP contribution in [-0.2, 0) is 69.8 Å². The number of ether oxygens (including phenoxy) is 12. The Bertz CT molecular complexity index is 1430. The number of nitrogens with zero attached hydrogens (tertiary/aromatic N) is 3. The van der Waals surface area contributed by atoms with Gasteiger partial charge in [-0.15, -0.1) is 5.10 Å². The number of rotatable bonds is 23. The van der Waals surface area contributed by atoms with E-state index in [4.69, 9.17) is 56.8 Å². The summed E-state index contributed by atoms with van der Waals surface area (Å²) < 4.78 is 70.9. The van der Waals surface area contributed by atoms with Crippen LogP contribution in [0.2, 0.25) is 0 Å². The predicted molar refractivity (Wildman–Crippen MR) is 270 cm³/mol. The minimum atomic E-state index is -1.71. The fourth-order valence-corrected chi connectivity index (χ4v) is 7.66. The van der Waals surface area contributed by atoms with Gasteiger partial charge in [-0.3, -0.25) is 4.68 Å². The normalized spacial score (nSPS) is 35.8. The second-order valence-electron chi connectivity index (χ2n) is 15.5. The molecule has 9 N–H and O–H groups in total. The molecule has 0 aliphatic carbocycles. The van der Waals surface area contributed by atoms with E-state index in [-0.39, 0.29) is 55.3 Å². The maximum Gasteiger partial charge on any atom is 0.186 e. The summed E-state index contributed by atoms with van der Waals surface area (Å²) in [6.07, 6.45) is -24.6. The molecule has 1 aromatic rings. The first-order valence-electron chi connectivity index (χ1n) is 25.1. The van der Waals surface area contributed by atoms with Crippen LogP contribution in [-0.4, -0.2) is 244 Å². The molecule has 0 bridgehead atoms. The molecule has 4 fully saturated rings. The van der Waals surface area contributed by atoms with Crippen LogP contribution in [0.1, 0.15) is 117 Å². The lowest BCUT2D eigenvalue weighted by molar-refractivity contribution is -0.351. The van der Waals surface area contributed by atoms with Crippen molar-refractivity contribution in [3.05, 3.63) is 11.9 Å². The Kier molecular flexibility index (Phi) is 42.8. The summed E-state index contributed by atoms with van der Waals surface area (Å²) in [6.45, 7) is 21.1. The van der Waals surface area contributed by atoms with E-state index in [1.807, 2.05) is 69.2 Å². The molecule has 5 heterocycles. The molecule has 0 unspecified atom stereocenters. The molecule has 24 nitrogen and oxygen atoms in total. The second kappa shape index (κ2) is 41.4. The third-order valence-electron chi connectivity index (χ3n) is 11.1. The Balaban J connectivity index is -0.00000424. The smallest absolute Gasteiger partial charge is 0.186 e. The van der Waals surface area contributed by atoms with Gasteiger partial charge in [0, 0.05) is 46.8 Å². The largest absolute Gasteiger partial charge is 0.387 e. The van der Waals surface area contributed by atoms with Gasteiger partial charge >= 0.3 is 0 Å². The molecule has 0 radical (unpaired) electrons. The fourth-order valence-electron chi connectivity index (χ4n) is 7.66. The maximum atomic E-state index is 11.5. The van der Waals surface area contributed by atoms with Crippen LogP contribution in [0.5, 0.6) is 0 Å². The number of aryl methyl sites for hydroxylation is 2. The number of aromatic nitrogens is 3. The van der Waals surface area contributed by atoms with Gasteiger partial charge < -0.3 is 103 Å². The Morgan fingerprint density at radius 3 is 1.27 bits per heavy atom. The highest BCUT2D eigenvalue weighted by Gasteiger charge is 2.52. The van der Waals surface area contributed by atoms with E-state index in [1.54, 1.807) is 17.8 Å². The predicted octanol–water partition coefficient (Wildman–Crippen LogP) is 1.32. The number of hydrogen-bond donors (Lipinski definition) is 9. The Morgan fingerprint density at radius 2 is 0.877 bits per heavy atom. The average molecular weight is 1070 g/mol. The summed E-state index contributed by atoms with van der Waals surface area (Å²) in [5.41, 5.74) is 0.728. The number of aliphatic hydroxyl groups is 9. The van der Waals surface area contributed by atoms with E-state index in [2.05, 4.69) is 10.3 Å². The van der Waals surface area contributed by atoms with E-state index >= 15 is 0 Å². The quantitative estimate of drug-likeness (QED) is 0.0698. The van der Waals surface area contributed by atoms with Crippen molar-refractivity contribution < 1.29 is 103 Å². The first kappa shape index (κ1) is 75.5. The summed E-state index contributed by atoms with van der Waals surface area (Å²) in [5.74, 6) is 0. The van der Waals surface area contributed by atoms with Gasteiger partial charge in [-0.25, -0.2) is 0 Å². The van der Waals surface area contributed by atoms with Crippen LogP contribution < -0.4 is 0 Å². The van der Waals surface area contributed by atoms with Crippen LogP contribution >= 0.6 is 0 Å². The molecule has 0 saturated carbocycles. The van der Waals surface area contributed by atoms with Gasteiger partial charge in [-0.1, -0.05) is 89.8 Å². The first-order valence-corrected chi connectivity index (χ1v) is 25.1. The van der Waals surface area contributed by atoms with Gasteiger partial charge in [0.25, 0.3) is 0 Å². The Labute approximate surface area is 436 Å². The third-order valence-corrected chi connectivity index (χ3v) is 11.1. The van der Waals surface area contributed by atoms with E-state index in [0.29, 0.717) is 25.8 Å². The van der Waals surface area contributed by atoms with Gasteiger partial charge in [0.15, 0.2) is 25.2 Å². The second-order valence-corrected chi connectivity index (χ2v) is 15.5. The Hall–Kier alpha value is -1.70. The van der Waals surface area contributed by atoms with Crippen molar-refractivity contribution in [1.29, 1.82) is 0 Å². The monoisotopic (exact) mass is 1070 g/mol.